The summed E-state index contributed by atoms with van der Waals surface area (Å²) < 4.78 is 0. The molecule has 0 aromatic heterocycles. The Morgan fingerprint density at radius 2 is 1.53 bits per heavy atom. The van der Waals surface area contributed by atoms with Gasteiger partial charge in [0.15, 0.2) is 0 Å². The molecule has 0 nitrogen and oxygen atoms in total. The molecule has 2 aromatic rings. The Kier molecular flexibility index (Phi) is 6.62. The van der Waals surface area contributed by atoms with E-state index in [1.165, 1.54) is 34.7 Å². The molecule has 2 rings (SSSR count). The van der Waals surface area contributed by atoms with E-state index in [9.17, 15) is 0 Å². The van der Waals surface area contributed by atoms with E-state index in [1.807, 2.05) is 0 Å². The first-order chi connectivity index (χ1) is 9.13. The van der Waals surface area contributed by atoms with Crippen LogP contribution in [0.1, 0.15) is 52.2 Å². The van der Waals surface area contributed by atoms with Crippen LogP contribution in [0.5, 0.6) is 0 Å². The maximum absolute atomic E-state index is 2.31. The van der Waals surface area contributed by atoms with Gasteiger partial charge in [0.1, 0.15) is 0 Å². The molecule has 0 saturated heterocycles. The van der Waals surface area contributed by atoms with Gasteiger partial charge in [-0.15, -0.1) is 0 Å². The summed E-state index contributed by atoms with van der Waals surface area (Å²) in [6, 6.07) is 13.3. The highest BCUT2D eigenvalue weighted by Gasteiger charge is 2.06. The molecular weight excluding hydrogens is 228 g/mol. The van der Waals surface area contributed by atoms with Crippen molar-refractivity contribution in [2.24, 2.45) is 5.92 Å². The van der Waals surface area contributed by atoms with Crippen molar-refractivity contribution in [2.75, 3.05) is 0 Å². The third kappa shape index (κ3) is 4.38. The second-order valence-corrected chi connectivity index (χ2v) is 5.58. The van der Waals surface area contributed by atoms with Gasteiger partial charge in [-0.1, -0.05) is 77.4 Å². The molecule has 0 bridgehead atoms. The molecule has 0 fully saturated rings. The second-order valence-electron chi connectivity index (χ2n) is 5.58. The van der Waals surface area contributed by atoms with Crippen molar-refractivity contribution in [1.29, 1.82) is 0 Å². The summed E-state index contributed by atoms with van der Waals surface area (Å²) in [7, 11) is 0. The highest BCUT2D eigenvalue weighted by Crippen LogP contribution is 2.24. The number of hydrogen-bond acceptors (Lipinski definition) is 0. The fourth-order valence-corrected chi connectivity index (χ4v) is 2.43. The molecule has 104 valence electrons. The zero-order valence-electron chi connectivity index (χ0n) is 13.2. The Morgan fingerprint density at radius 3 is 2.11 bits per heavy atom. The lowest BCUT2D eigenvalue weighted by Crippen LogP contribution is -1.99. The van der Waals surface area contributed by atoms with Crippen LogP contribution in [0, 0.1) is 5.92 Å². The van der Waals surface area contributed by atoms with Crippen molar-refractivity contribution >= 4 is 10.8 Å². The smallest absolute Gasteiger partial charge is 0.0149 e. The molecule has 0 aliphatic carbocycles. The van der Waals surface area contributed by atoms with Gasteiger partial charge in [0.2, 0.25) is 0 Å². The predicted octanol–water partition coefficient (Wildman–Crippen LogP) is 6.02. The minimum absolute atomic E-state index is 0.728. The Morgan fingerprint density at radius 1 is 0.895 bits per heavy atom. The van der Waals surface area contributed by atoms with Crippen LogP contribution in [0.15, 0.2) is 36.4 Å². The molecule has 0 amide bonds. The van der Waals surface area contributed by atoms with Gasteiger partial charge in [0.05, 0.1) is 0 Å². The van der Waals surface area contributed by atoms with Gasteiger partial charge in [0, 0.05) is 0 Å². The third-order valence-electron chi connectivity index (χ3n) is 3.12. The minimum atomic E-state index is 0.728. The van der Waals surface area contributed by atoms with E-state index in [1.54, 1.807) is 0 Å². The molecule has 0 spiro atoms. The Balaban J connectivity index is 0.000000550. The highest BCUT2D eigenvalue weighted by molar-refractivity contribution is 5.86. The Labute approximate surface area is 118 Å². The number of hydrogen-bond donors (Lipinski definition) is 0. The first kappa shape index (κ1) is 15.8. The third-order valence-corrected chi connectivity index (χ3v) is 3.12. The summed E-state index contributed by atoms with van der Waals surface area (Å²) in [5, 5.41) is 2.80. The fourth-order valence-electron chi connectivity index (χ4n) is 2.43. The lowest BCUT2D eigenvalue weighted by Gasteiger charge is -2.13. The molecule has 0 heteroatoms. The molecule has 2 aromatic carbocycles. The normalized spacial score (nSPS) is 10.4. The first-order valence-electron chi connectivity index (χ1n) is 7.63. The zero-order valence-corrected chi connectivity index (χ0v) is 13.2. The van der Waals surface area contributed by atoms with Crippen molar-refractivity contribution in [3.8, 4) is 0 Å². The molecule has 0 unspecified atom stereocenters. The molecule has 0 saturated carbocycles. The van der Waals surface area contributed by atoms with Gasteiger partial charge in [-0.25, -0.2) is 0 Å². The molecule has 0 N–H and O–H groups in total. The summed E-state index contributed by atoms with van der Waals surface area (Å²) in [5.41, 5.74) is 3.06. The van der Waals surface area contributed by atoms with Crippen molar-refractivity contribution in [2.45, 2.75) is 53.9 Å². The van der Waals surface area contributed by atoms with E-state index >= 15 is 0 Å². The van der Waals surface area contributed by atoms with E-state index < -0.39 is 0 Å². The van der Waals surface area contributed by atoms with E-state index in [2.05, 4.69) is 71.0 Å². The van der Waals surface area contributed by atoms with Crippen LogP contribution in [0.2, 0.25) is 0 Å². The van der Waals surface area contributed by atoms with E-state index in [-0.39, 0.29) is 0 Å². The largest absolute Gasteiger partial charge is 0.0656 e. The van der Waals surface area contributed by atoms with Crippen molar-refractivity contribution in [3.63, 3.8) is 0 Å². The number of aryl methyl sites for hydroxylation is 1. The SMILES string of the molecule is CCC.CCc1c(CC(C)C)ccc2ccccc12. The van der Waals surface area contributed by atoms with Crippen LogP contribution >= 0.6 is 0 Å². The zero-order chi connectivity index (χ0) is 14.3. The number of rotatable bonds is 3. The van der Waals surface area contributed by atoms with E-state index in [0.29, 0.717) is 0 Å². The summed E-state index contributed by atoms with van der Waals surface area (Å²) in [5.74, 6) is 0.728. The monoisotopic (exact) mass is 256 g/mol. The summed E-state index contributed by atoms with van der Waals surface area (Å²) in [6.45, 7) is 11.1. The lowest BCUT2D eigenvalue weighted by atomic mass is 9.92. The van der Waals surface area contributed by atoms with Gasteiger partial charge in [-0.05, 0) is 40.7 Å². The first-order valence-corrected chi connectivity index (χ1v) is 7.63. The maximum Gasteiger partial charge on any atom is -0.0149 e. The molecule has 0 radical (unpaired) electrons. The summed E-state index contributed by atoms with van der Waals surface area (Å²) in [4.78, 5) is 0. The Hall–Kier alpha value is -1.30. The maximum atomic E-state index is 2.31. The second kappa shape index (κ2) is 7.99. The van der Waals surface area contributed by atoms with Gasteiger partial charge < -0.3 is 0 Å². The predicted molar refractivity (Wildman–Crippen MR) is 87.8 cm³/mol. The fraction of sp³-hybridized carbons (Fsp3) is 0.474. The average Bonchev–Trinajstić information content (AvgIpc) is 2.39. The van der Waals surface area contributed by atoms with Crippen LogP contribution in [0.4, 0.5) is 0 Å². The number of fused-ring (bicyclic) bond motifs is 1. The van der Waals surface area contributed by atoms with E-state index in [0.717, 1.165) is 12.3 Å². The summed E-state index contributed by atoms with van der Waals surface area (Å²) >= 11 is 0. The van der Waals surface area contributed by atoms with Crippen molar-refractivity contribution in [1.82, 2.24) is 0 Å². The standard InChI is InChI=1S/C16H20.C3H8/c1-4-15-14(11-12(2)3)10-9-13-7-5-6-8-16(13)15;1-3-2/h5-10,12H,4,11H2,1-3H3;3H2,1-2H3. The molecule has 0 aliphatic heterocycles. The molecule has 0 atom stereocenters. The molecule has 0 aliphatic rings. The average molecular weight is 256 g/mol. The van der Waals surface area contributed by atoms with Gasteiger partial charge in [-0.3, -0.25) is 0 Å². The van der Waals surface area contributed by atoms with Crippen LogP contribution < -0.4 is 0 Å². The van der Waals surface area contributed by atoms with E-state index in [4.69, 9.17) is 0 Å². The quantitative estimate of drug-likeness (QED) is 0.630. The summed E-state index contributed by atoms with van der Waals surface area (Å²) in [6.07, 6.45) is 3.57. The minimum Gasteiger partial charge on any atom is -0.0656 e. The topological polar surface area (TPSA) is 0 Å². The van der Waals surface area contributed by atoms with Crippen LogP contribution in [-0.2, 0) is 12.8 Å². The Bertz CT molecular complexity index is 494. The number of benzene rings is 2. The van der Waals surface area contributed by atoms with Crippen molar-refractivity contribution < 1.29 is 0 Å². The molecule has 19 heavy (non-hydrogen) atoms. The highest BCUT2D eigenvalue weighted by atomic mass is 14.1. The van der Waals surface area contributed by atoms with Gasteiger partial charge in [0.25, 0.3) is 0 Å². The van der Waals surface area contributed by atoms with Crippen LogP contribution in [-0.4, -0.2) is 0 Å². The van der Waals surface area contributed by atoms with Gasteiger partial charge >= 0.3 is 0 Å². The molecule has 0 heterocycles. The molecular formula is C19H28. The van der Waals surface area contributed by atoms with Gasteiger partial charge in [-0.2, -0.15) is 0 Å². The lowest BCUT2D eigenvalue weighted by molar-refractivity contribution is 0.644. The van der Waals surface area contributed by atoms with Crippen molar-refractivity contribution in [3.05, 3.63) is 47.5 Å². The van der Waals surface area contributed by atoms with Crippen LogP contribution in [0.25, 0.3) is 10.8 Å². The van der Waals surface area contributed by atoms with Crippen LogP contribution in [0.3, 0.4) is 0 Å².